The van der Waals surface area contributed by atoms with Crippen LogP contribution in [0.4, 0.5) is 0 Å². The van der Waals surface area contributed by atoms with Crippen LogP contribution in [0.25, 0.3) is 0 Å². The Morgan fingerprint density at radius 2 is 2.07 bits per heavy atom. The van der Waals surface area contributed by atoms with Crippen LogP contribution >= 0.6 is 15.9 Å². The van der Waals surface area contributed by atoms with Crippen LogP contribution < -0.4 is 5.32 Å². The quantitative estimate of drug-likeness (QED) is 0.845. The first-order chi connectivity index (χ1) is 7.10. The molecule has 1 aliphatic heterocycles. The second-order valence-electron chi connectivity index (χ2n) is 3.80. The summed E-state index contributed by atoms with van der Waals surface area (Å²) < 4.78 is 6.61. The largest absolute Gasteiger partial charge is 0.359 e. The fraction of sp³-hybridized carbons (Fsp3) is 0.364. The molecule has 2 rings (SSSR count). The molecule has 0 aliphatic carbocycles. The predicted octanol–water partition coefficient (Wildman–Crippen LogP) is 1.81. The SMILES string of the molecule is CC1(c2ccc(Br)cc2)CNC(=O)CO1. The minimum absolute atomic E-state index is 0.0513. The smallest absolute Gasteiger partial charge is 0.246 e. The van der Waals surface area contributed by atoms with Crippen LogP contribution in [0.5, 0.6) is 0 Å². The summed E-state index contributed by atoms with van der Waals surface area (Å²) in [6, 6.07) is 7.95. The van der Waals surface area contributed by atoms with Gasteiger partial charge in [0, 0.05) is 4.47 Å². The van der Waals surface area contributed by atoms with Crippen molar-refractivity contribution in [2.45, 2.75) is 12.5 Å². The average Bonchev–Trinajstić information content (AvgIpc) is 2.24. The van der Waals surface area contributed by atoms with Crippen molar-refractivity contribution in [3.05, 3.63) is 34.3 Å². The maximum absolute atomic E-state index is 11.0. The van der Waals surface area contributed by atoms with Crippen LogP contribution in [0.2, 0.25) is 0 Å². The van der Waals surface area contributed by atoms with E-state index in [-0.39, 0.29) is 12.5 Å². The Kier molecular flexibility index (Phi) is 2.80. The van der Waals surface area contributed by atoms with Crippen molar-refractivity contribution in [1.82, 2.24) is 5.32 Å². The standard InChI is InChI=1S/C11H12BrNO2/c1-11(7-13-10(14)6-15-11)8-2-4-9(12)5-3-8/h2-5H,6-7H2,1H3,(H,13,14). The van der Waals surface area contributed by atoms with Gasteiger partial charge in [0.15, 0.2) is 0 Å². The molecule has 3 nitrogen and oxygen atoms in total. The van der Waals surface area contributed by atoms with Gasteiger partial charge in [0.1, 0.15) is 12.2 Å². The summed E-state index contributed by atoms with van der Waals surface area (Å²) in [7, 11) is 0. The first-order valence-electron chi connectivity index (χ1n) is 4.77. The molecule has 15 heavy (non-hydrogen) atoms. The van der Waals surface area contributed by atoms with Gasteiger partial charge in [-0.2, -0.15) is 0 Å². The zero-order valence-electron chi connectivity index (χ0n) is 8.42. The highest BCUT2D eigenvalue weighted by molar-refractivity contribution is 9.10. The zero-order valence-corrected chi connectivity index (χ0v) is 10.0. The zero-order chi connectivity index (χ0) is 10.9. The van der Waals surface area contributed by atoms with E-state index < -0.39 is 5.60 Å². The number of hydrogen-bond acceptors (Lipinski definition) is 2. The van der Waals surface area contributed by atoms with Crippen molar-refractivity contribution < 1.29 is 9.53 Å². The molecule has 80 valence electrons. The van der Waals surface area contributed by atoms with Crippen molar-refractivity contribution in [3.63, 3.8) is 0 Å². The lowest BCUT2D eigenvalue weighted by Crippen LogP contribution is -2.48. The summed E-state index contributed by atoms with van der Waals surface area (Å²) in [4.78, 5) is 11.0. The predicted molar refractivity (Wildman–Crippen MR) is 60.5 cm³/mol. The Hall–Kier alpha value is -0.870. The summed E-state index contributed by atoms with van der Waals surface area (Å²) in [5.41, 5.74) is 0.667. The summed E-state index contributed by atoms with van der Waals surface area (Å²) in [6.45, 7) is 2.63. The maximum Gasteiger partial charge on any atom is 0.246 e. The van der Waals surface area contributed by atoms with E-state index in [9.17, 15) is 4.79 Å². The third kappa shape index (κ3) is 2.21. The van der Waals surface area contributed by atoms with Gasteiger partial charge in [-0.05, 0) is 24.6 Å². The fourth-order valence-electron chi connectivity index (χ4n) is 1.58. The van der Waals surface area contributed by atoms with E-state index in [1.165, 1.54) is 0 Å². The molecule has 0 saturated carbocycles. The van der Waals surface area contributed by atoms with Crippen molar-refractivity contribution >= 4 is 21.8 Å². The molecule has 1 atom stereocenters. The van der Waals surface area contributed by atoms with Crippen molar-refractivity contribution in [3.8, 4) is 0 Å². The van der Waals surface area contributed by atoms with Crippen LogP contribution in [-0.4, -0.2) is 19.1 Å². The third-order valence-electron chi connectivity index (χ3n) is 2.60. The van der Waals surface area contributed by atoms with Crippen LogP contribution in [0.1, 0.15) is 12.5 Å². The molecule has 0 radical (unpaired) electrons. The molecule has 0 spiro atoms. The minimum atomic E-state index is -0.408. The van der Waals surface area contributed by atoms with E-state index in [1.807, 2.05) is 31.2 Å². The van der Waals surface area contributed by atoms with Crippen molar-refractivity contribution in [2.24, 2.45) is 0 Å². The van der Waals surface area contributed by atoms with Gasteiger partial charge in [0.05, 0.1) is 6.54 Å². The molecule has 1 aromatic rings. The first-order valence-corrected chi connectivity index (χ1v) is 5.56. The molecular weight excluding hydrogens is 258 g/mol. The van der Waals surface area contributed by atoms with Crippen LogP contribution in [-0.2, 0) is 15.1 Å². The highest BCUT2D eigenvalue weighted by Gasteiger charge is 2.32. The molecule has 0 bridgehead atoms. The summed E-state index contributed by atoms with van der Waals surface area (Å²) >= 11 is 3.39. The number of carbonyl (C=O) groups excluding carboxylic acids is 1. The summed E-state index contributed by atoms with van der Waals surface area (Å²) in [6.07, 6.45) is 0. The lowest BCUT2D eigenvalue weighted by molar-refractivity contribution is -0.142. The van der Waals surface area contributed by atoms with Crippen molar-refractivity contribution in [1.29, 1.82) is 0 Å². The lowest BCUT2D eigenvalue weighted by Gasteiger charge is -2.34. The molecular formula is C11H12BrNO2. The van der Waals surface area contributed by atoms with E-state index in [0.29, 0.717) is 6.54 Å². The van der Waals surface area contributed by atoms with Crippen LogP contribution in [0, 0.1) is 0 Å². The molecule has 1 aromatic carbocycles. The normalized spacial score (nSPS) is 26.1. The lowest BCUT2D eigenvalue weighted by atomic mass is 9.95. The fourth-order valence-corrected chi connectivity index (χ4v) is 1.85. The number of rotatable bonds is 1. The Balaban J connectivity index is 2.22. The summed E-state index contributed by atoms with van der Waals surface area (Å²) in [5.74, 6) is -0.0513. The molecule has 1 fully saturated rings. The van der Waals surface area contributed by atoms with Gasteiger partial charge in [0.2, 0.25) is 5.91 Å². The molecule has 1 amide bonds. The molecule has 4 heteroatoms. The second-order valence-corrected chi connectivity index (χ2v) is 4.72. The second kappa shape index (κ2) is 3.94. The molecule has 1 N–H and O–H groups in total. The number of ether oxygens (including phenoxy) is 1. The highest BCUT2D eigenvalue weighted by atomic mass is 79.9. The third-order valence-corrected chi connectivity index (χ3v) is 3.13. The Morgan fingerprint density at radius 1 is 1.40 bits per heavy atom. The first kappa shape index (κ1) is 10.6. The van der Waals surface area contributed by atoms with E-state index in [0.717, 1.165) is 10.0 Å². The van der Waals surface area contributed by atoms with Gasteiger partial charge >= 0.3 is 0 Å². The molecule has 1 unspecified atom stereocenters. The number of benzene rings is 1. The van der Waals surface area contributed by atoms with E-state index in [2.05, 4.69) is 21.2 Å². The number of hydrogen-bond donors (Lipinski definition) is 1. The van der Waals surface area contributed by atoms with Gasteiger partial charge in [-0.25, -0.2) is 0 Å². The topological polar surface area (TPSA) is 38.3 Å². The van der Waals surface area contributed by atoms with Gasteiger partial charge in [-0.1, -0.05) is 28.1 Å². The Morgan fingerprint density at radius 3 is 2.60 bits per heavy atom. The molecule has 1 aliphatic rings. The van der Waals surface area contributed by atoms with E-state index in [4.69, 9.17) is 4.74 Å². The average molecular weight is 270 g/mol. The Labute approximate surface area is 96.9 Å². The van der Waals surface area contributed by atoms with Crippen LogP contribution in [0.3, 0.4) is 0 Å². The molecule has 1 saturated heterocycles. The summed E-state index contributed by atoms with van der Waals surface area (Å²) in [5, 5.41) is 2.81. The maximum atomic E-state index is 11.0. The number of nitrogens with one attached hydrogen (secondary N) is 1. The number of morpholine rings is 1. The van der Waals surface area contributed by atoms with Crippen molar-refractivity contribution in [2.75, 3.05) is 13.2 Å². The van der Waals surface area contributed by atoms with E-state index in [1.54, 1.807) is 0 Å². The monoisotopic (exact) mass is 269 g/mol. The van der Waals surface area contributed by atoms with E-state index >= 15 is 0 Å². The van der Waals surface area contributed by atoms with Gasteiger partial charge in [0.25, 0.3) is 0 Å². The Bertz CT molecular complexity index is 365. The van der Waals surface area contributed by atoms with Crippen LogP contribution in [0.15, 0.2) is 28.7 Å². The van der Waals surface area contributed by atoms with Gasteiger partial charge in [-0.3, -0.25) is 4.79 Å². The highest BCUT2D eigenvalue weighted by Crippen LogP contribution is 2.27. The molecule has 1 heterocycles. The number of carbonyl (C=O) groups is 1. The van der Waals surface area contributed by atoms with Gasteiger partial charge < -0.3 is 10.1 Å². The minimum Gasteiger partial charge on any atom is -0.359 e. The van der Waals surface area contributed by atoms with Gasteiger partial charge in [-0.15, -0.1) is 0 Å². The molecule has 0 aromatic heterocycles. The number of amides is 1. The number of halogens is 1.